The quantitative estimate of drug-likeness (QED) is 0.648. The van der Waals surface area contributed by atoms with Gasteiger partial charge in [0.05, 0.1) is 6.42 Å². The Kier molecular flexibility index (Phi) is 3.96. The molecule has 74 valence electrons. The zero-order valence-electron chi connectivity index (χ0n) is 8.05. The first-order valence-corrected chi connectivity index (χ1v) is 4.76. The van der Waals surface area contributed by atoms with Gasteiger partial charge in [-0.15, -0.1) is 0 Å². The van der Waals surface area contributed by atoms with Gasteiger partial charge >= 0.3 is 5.97 Å². The van der Waals surface area contributed by atoms with Gasteiger partial charge in [-0.05, 0) is 38.8 Å². The molecule has 0 aromatic heterocycles. The maximum atomic E-state index is 10.4. The molecule has 1 aliphatic carbocycles. The van der Waals surface area contributed by atoms with Gasteiger partial charge in [0.25, 0.3) is 0 Å². The number of carboxylic acid groups (broad SMARTS) is 1. The second kappa shape index (κ2) is 5.02. The van der Waals surface area contributed by atoms with Gasteiger partial charge in [0.15, 0.2) is 0 Å². The molecule has 13 heavy (non-hydrogen) atoms. The lowest BCUT2D eigenvalue weighted by Gasteiger charge is -2.20. The Balaban J connectivity index is 2.34. The summed E-state index contributed by atoms with van der Waals surface area (Å²) in [6.07, 6.45) is 5.44. The summed E-state index contributed by atoms with van der Waals surface area (Å²) in [7, 11) is 1.95. The maximum Gasteiger partial charge on any atom is 0.307 e. The first-order chi connectivity index (χ1) is 6.22. The van der Waals surface area contributed by atoms with Crippen molar-refractivity contribution in [3.05, 3.63) is 11.6 Å². The second-order valence-corrected chi connectivity index (χ2v) is 3.63. The summed E-state index contributed by atoms with van der Waals surface area (Å²) in [4.78, 5) is 10.4. The number of hydrogen-bond donors (Lipinski definition) is 2. The fourth-order valence-electron chi connectivity index (χ4n) is 1.77. The lowest BCUT2D eigenvalue weighted by Crippen LogP contribution is -2.20. The van der Waals surface area contributed by atoms with E-state index in [1.165, 1.54) is 0 Å². The van der Waals surface area contributed by atoms with Gasteiger partial charge in [-0.25, -0.2) is 0 Å². The normalized spacial score (nSPS) is 22.5. The number of carboxylic acids is 1. The summed E-state index contributed by atoms with van der Waals surface area (Å²) in [6.45, 7) is 1.04. The SMILES string of the molecule is CNCC1CC=C(CC(=O)O)CC1. The molecule has 0 saturated carbocycles. The van der Waals surface area contributed by atoms with Gasteiger partial charge < -0.3 is 10.4 Å². The standard InChI is InChI=1S/C10H17NO2/c1-11-7-9-4-2-8(3-5-9)6-10(12)13/h2,9,11H,3-7H2,1H3,(H,12,13). The molecule has 0 aromatic rings. The van der Waals surface area contributed by atoms with Crippen molar-refractivity contribution in [2.45, 2.75) is 25.7 Å². The lowest BCUT2D eigenvalue weighted by atomic mass is 9.88. The molecule has 0 aromatic carbocycles. The molecule has 1 rings (SSSR count). The molecule has 1 aliphatic rings. The van der Waals surface area contributed by atoms with E-state index in [9.17, 15) is 4.79 Å². The summed E-state index contributed by atoms with van der Waals surface area (Å²) >= 11 is 0. The van der Waals surface area contributed by atoms with E-state index in [2.05, 4.69) is 11.4 Å². The Hall–Kier alpha value is -0.830. The molecule has 1 atom stereocenters. The van der Waals surface area contributed by atoms with Gasteiger partial charge in [-0.3, -0.25) is 4.79 Å². The van der Waals surface area contributed by atoms with Crippen molar-refractivity contribution in [3.63, 3.8) is 0 Å². The monoisotopic (exact) mass is 183 g/mol. The molecule has 3 heteroatoms. The average molecular weight is 183 g/mol. The van der Waals surface area contributed by atoms with Crippen molar-refractivity contribution in [2.75, 3.05) is 13.6 Å². The Morgan fingerprint density at radius 1 is 1.77 bits per heavy atom. The predicted octanol–water partition coefficient (Wildman–Crippen LogP) is 1.41. The summed E-state index contributed by atoms with van der Waals surface area (Å²) in [6, 6.07) is 0. The van der Waals surface area contributed by atoms with E-state index in [4.69, 9.17) is 5.11 Å². The molecule has 2 N–H and O–H groups in total. The molecule has 1 unspecified atom stereocenters. The second-order valence-electron chi connectivity index (χ2n) is 3.63. The number of hydrogen-bond acceptors (Lipinski definition) is 2. The van der Waals surface area contributed by atoms with Gasteiger partial charge in [0.1, 0.15) is 0 Å². The van der Waals surface area contributed by atoms with Crippen molar-refractivity contribution in [1.29, 1.82) is 0 Å². The van der Waals surface area contributed by atoms with E-state index in [0.29, 0.717) is 5.92 Å². The van der Waals surface area contributed by atoms with Crippen LogP contribution >= 0.6 is 0 Å². The van der Waals surface area contributed by atoms with E-state index in [1.54, 1.807) is 0 Å². The van der Waals surface area contributed by atoms with Crippen LogP contribution in [0.3, 0.4) is 0 Å². The lowest BCUT2D eigenvalue weighted by molar-refractivity contribution is -0.136. The molecule has 0 spiro atoms. The Bertz CT molecular complexity index is 211. The highest BCUT2D eigenvalue weighted by atomic mass is 16.4. The largest absolute Gasteiger partial charge is 0.481 e. The van der Waals surface area contributed by atoms with Crippen LogP contribution in [0.25, 0.3) is 0 Å². The third-order valence-corrected chi connectivity index (χ3v) is 2.48. The molecule has 3 nitrogen and oxygen atoms in total. The number of carbonyl (C=O) groups is 1. The molecular weight excluding hydrogens is 166 g/mol. The molecule has 0 saturated heterocycles. The number of rotatable bonds is 4. The van der Waals surface area contributed by atoms with E-state index in [0.717, 1.165) is 31.4 Å². The first-order valence-electron chi connectivity index (χ1n) is 4.76. The highest BCUT2D eigenvalue weighted by Gasteiger charge is 2.14. The van der Waals surface area contributed by atoms with Crippen molar-refractivity contribution in [3.8, 4) is 0 Å². The summed E-state index contributed by atoms with van der Waals surface area (Å²) < 4.78 is 0. The first kappa shape index (κ1) is 10.3. The topological polar surface area (TPSA) is 49.3 Å². The van der Waals surface area contributed by atoms with E-state index in [-0.39, 0.29) is 6.42 Å². The molecule has 0 fully saturated rings. The van der Waals surface area contributed by atoms with Gasteiger partial charge in [0, 0.05) is 0 Å². The van der Waals surface area contributed by atoms with E-state index < -0.39 is 5.97 Å². The zero-order chi connectivity index (χ0) is 9.68. The number of aliphatic carboxylic acids is 1. The van der Waals surface area contributed by atoms with Crippen LogP contribution in [0.2, 0.25) is 0 Å². The number of nitrogens with one attached hydrogen (secondary N) is 1. The third kappa shape index (κ3) is 3.59. The highest BCUT2D eigenvalue weighted by Crippen LogP contribution is 2.24. The minimum Gasteiger partial charge on any atom is -0.481 e. The molecule has 0 aliphatic heterocycles. The fourth-order valence-corrected chi connectivity index (χ4v) is 1.77. The van der Waals surface area contributed by atoms with Gasteiger partial charge in [-0.1, -0.05) is 11.6 Å². The Morgan fingerprint density at radius 3 is 3.00 bits per heavy atom. The third-order valence-electron chi connectivity index (χ3n) is 2.48. The number of allylic oxidation sites excluding steroid dienone is 1. The van der Waals surface area contributed by atoms with Crippen LogP contribution in [-0.4, -0.2) is 24.7 Å². The van der Waals surface area contributed by atoms with E-state index in [1.807, 2.05) is 7.05 Å². The summed E-state index contributed by atoms with van der Waals surface area (Å²) in [5.41, 5.74) is 1.10. The van der Waals surface area contributed by atoms with Crippen LogP contribution in [0.15, 0.2) is 11.6 Å². The molecule has 0 radical (unpaired) electrons. The zero-order valence-corrected chi connectivity index (χ0v) is 8.05. The van der Waals surface area contributed by atoms with Crippen LogP contribution in [0.5, 0.6) is 0 Å². The maximum absolute atomic E-state index is 10.4. The van der Waals surface area contributed by atoms with Crippen LogP contribution in [0.1, 0.15) is 25.7 Å². The van der Waals surface area contributed by atoms with Gasteiger partial charge in [-0.2, -0.15) is 0 Å². The van der Waals surface area contributed by atoms with Crippen LogP contribution in [0, 0.1) is 5.92 Å². The molecular formula is C10H17NO2. The van der Waals surface area contributed by atoms with Gasteiger partial charge in [0.2, 0.25) is 0 Å². The summed E-state index contributed by atoms with van der Waals surface area (Å²) in [5, 5.41) is 11.7. The van der Waals surface area contributed by atoms with Crippen molar-refractivity contribution >= 4 is 5.97 Å². The minimum absolute atomic E-state index is 0.228. The smallest absolute Gasteiger partial charge is 0.307 e. The van der Waals surface area contributed by atoms with Crippen LogP contribution < -0.4 is 5.32 Å². The molecule has 0 bridgehead atoms. The fraction of sp³-hybridized carbons (Fsp3) is 0.700. The van der Waals surface area contributed by atoms with Crippen molar-refractivity contribution < 1.29 is 9.90 Å². The van der Waals surface area contributed by atoms with Crippen LogP contribution in [0.4, 0.5) is 0 Å². The van der Waals surface area contributed by atoms with Crippen molar-refractivity contribution in [1.82, 2.24) is 5.32 Å². The molecule has 0 amide bonds. The Morgan fingerprint density at radius 2 is 2.54 bits per heavy atom. The predicted molar refractivity (Wildman–Crippen MR) is 51.6 cm³/mol. The average Bonchev–Trinajstić information content (AvgIpc) is 2.08. The summed E-state index contributed by atoms with van der Waals surface area (Å²) in [5.74, 6) is -0.0131. The Labute approximate surface area is 78.8 Å². The van der Waals surface area contributed by atoms with E-state index >= 15 is 0 Å². The molecule has 0 heterocycles. The minimum atomic E-state index is -0.710. The highest BCUT2D eigenvalue weighted by molar-refractivity contribution is 5.70. The van der Waals surface area contributed by atoms with Crippen LogP contribution in [-0.2, 0) is 4.79 Å². The van der Waals surface area contributed by atoms with Crippen molar-refractivity contribution in [2.24, 2.45) is 5.92 Å².